The number of nitrogens with zero attached hydrogens (tertiary/aromatic N) is 1. The molecule has 2 rings (SSSR count). The van der Waals surface area contributed by atoms with E-state index in [4.69, 9.17) is 4.74 Å². The molecular weight excluding hydrogens is 268 g/mol. The molecule has 0 spiro atoms. The Hall–Kier alpha value is -0.610. The largest absolute Gasteiger partial charge is 0.385 e. The maximum Gasteiger partial charge on any atom is 0.125 e. The molecule has 1 aromatic heterocycles. The lowest BCUT2D eigenvalue weighted by Gasteiger charge is -2.15. The van der Waals surface area contributed by atoms with Crippen LogP contribution in [0.2, 0.25) is 0 Å². The summed E-state index contributed by atoms with van der Waals surface area (Å²) >= 11 is 3.38. The van der Waals surface area contributed by atoms with Crippen LogP contribution >= 0.6 is 15.9 Å². The molecule has 1 heterocycles. The minimum absolute atomic E-state index is 0.463. The summed E-state index contributed by atoms with van der Waals surface area (Å²) in [4.78, 5) is 4.30. The minimum Gasteiger partial charge on any atom is -0.385 e. The minimum atomic E-state index is 0.463. The van der Waals surface area contributed by atoms with Crippen molar-refractivity contribution in [1.29, 1.82) is 0 Å². The third kappa shape index (κ3) is 3.19. The van der Waals surface area contributed by atoms with Crippen molar-refractivity contribution in [3.63, 3.8) is 0 Å². The van der Waals surface area contributed by atoms with E-state index >= 15 is 0 Å². The van der Waals surface area contributed by atoms with Crippen LogP contribution in [0.3, 0.4) is 0 Å². The van der Waals surface area contributed by atoms with E-state index < -0.39 is 0 Å². The molecule has 0 bridgehead atoms. The van der Waals surface area contributed by atoms with Gasteiger partial charge in [0.25, 0.3) is 0 Å². The third-order valence-electron chi connectivity index (χ3n) is 3.17. The predicted molar refractivity (Wildman–Crippen MR) is 68.6 cm³/mol. The van der Waals surface area contributed by atoms with Gasteiger partial charge in [0.1, 0.15) is 5.82 Å². The predicted octanol–water partition coefficient (Wildman–Crippen LogP) is 3.07. The van der Waals surface area contributed by atoms with Gasteiger partial charge in [-0.1, -0.05) is 0 Å². The fraction of sp³-hybridized carbons (Fsp3) is 0.583. The summed E-state index contributed by atoms with van der Waals surface area (Å²) in [5.41, 5.74) is 0.463. The average Bonchev–Trinajstić information content (AvgIpc) is 3.07. The second-order valence-corrected chi connectivity index (χ2v) is 5.37. The summed E-state index contributed by atoms with van der Waals surface area (Å²) < 4.78 is 6.15. The van der Waals surface area contributed by atoms with Gasteiger partial charge in [0.15, 0.2) is 0 Å². The number of halogens is 1. The lowest BCUT2D eigenvalue weighted by molar-refractivity contribution is 0.175. The molecular formula is C12H17BrN2O. The van der Waals surface area contributed by atoms with E-state index in [0.717, 1.165) is 29.9 Å². The Labute approximate surface area is 105 Å². The molecule has 88 valence electrons. The Bertz CT molecular complexity index is 335. The highest BCUT2D eigenvalue weighted by molar-refractivity contribution is 9.10. The molecule has 4 heteroatoms. The molecule has 0 unspecified atom stereocenters. The van der Waals surface area contributed by atoms with Crippen LogP contribution < -0.4 is 5.32 Å². The Kier molecular flexibility index (Phi) is 3.82. The molecule has 1 aromatic rings. The van der Waals surface area contributed by atoms with Crippen LogP contribution in [0.1, 0.15) is 19.3 Å². The summed E-state index contributed by atoms with van der Waals surface area (Å²) in [7, 11) is 1.76. The first-order chi connectivity index (χ1) is 7.74. The highest BCUT2D eigenvalue weighted by Crippen LogP contribution is 2.48. The smallest absolute Gasteiger partial charge is 0.125 e. The number of anilines is 1. The first-order valence-electron chi connectivity index (χ1n) is 5.58. The van der Waals surface area contributed by atoms with Crippen LogP contribution in [0.25, 0.3) is 0 Å². The van der Waals surface area contributed by atoms with Crippen molar-refractivity contribution in [3.05, 3.63) is 22.8 Å². The van der Waals surface area contributed by atoms with Crippen LogP contribution in [0.15, 0.2) is 22.8 Å². The maximum absolute atomic E-state index is 5.14. The zero-order valence-electron chi connectivity index (χ0n) is 9.50. The molecule has 0 amide bonds. The number of hydrogen-bond donors (Lipinski definition) is 1. The summed E-state index contributed by atoms with van der Waals surface area (Å²) in [6.45, 7) is 1.86. The van der Waals surface area contributed by atoms with E-state index in [9.17, 15) is 0 Å². The van der Waals surface area contributed by atoms with Gasteiger partial charge in [0.05, 0.1) is 0 Å². The highest BCUT2D eigenvalue weighted by Gasteiger charge is 2.41. The molecule has 1 aliphatic rings. The summed E-state index contributed by atoms with van der Waals surface area (Å²) in [6.07, 6.45) is 5.57. The quantitative estimate of drug-likeness (QED) is 0.872. The average molecular weight is 285 g/mol. The van der Waals surface area contributed by atoms with E-state index in [1.165, 1.54) is 12.8 Å². The van der Waals surface area contributed by atoms with Gasteiger partial charge in [-0.25, -0.2) is 4.98 Å². The van der Waals surface area contributed by atoms with Gasteiger partial charge in [-0.15, -0.1) is 0 Å². The standard InChI is InChI=1S/C12H17BrN2O/c1-16-7-6-12(4-5-12)9-15-11-3-2-10(13)8-14-11/h2-3,8H,4-7,9H2,1H3,(H,14,15). The topological polar surface area (TPSA) is 34.1 Å². The Morgan fingerprint density at radius 3 is 2.88 bits per heavy atom. The Balaban J connectivity index is 1.81. The summed E-state index contributed by atoms with van der Waals surface area (Å²) in [5, 5.41) is 3.40. The molecule has 16 heavy (non-hydrogen) atoms. The lowest BCUT2D eigenvalue weighted by Crippen LogP contribution is -2.17. The number of hydrogen-bond acceptors (Lipinski definition) is 3. The maximum atomic E-state index is 5.14. The van der Waals surface area contributed by atoms with E-state index in [-0.39, 0.29) is 0 Å². The van der Waals surface area contributed by atoms with Crippen LogP contribution in [0, 0.1) is 5.41 Å². The number of methoxy groups -OCH3 is 1. The molecule has 1 N–H and O–H groups in total. The normalized spacial score (nSPS) is 17.1. The van der Waals surface area contributed by atoms with Crippen LogP contribution in [0.4, 0.5) is 5.82 Å². The van der Waals surface area contributed by atoms with Crippen molar-refractivity contribution in [1.82, 2.24) is 4.98 Å². The second kappa shape index (κ2) is 5.15. The zero-order valence-corrected chi connectivity index (χ0v) is 11.1. The van der Waals surface area contributed by atoms with Crippen LogP contribution in [-0.2, 0) is 4.74 Å². The summed E-state index contributed by atoms with van der Waals surface area (Å²) in [5.74, 6) is 0.951. The van der Waals surface area contributed by atoms with Crippen molar-refractivity contribution >= 4 is 21.7 Å². The lowest BCUT2D eigenvalue weighted by atomic mass is 10.0. The van der Waals surface area contributed by atoms with Crippen molar-refractivity contribution in [3.8, 4) is 0 Å². The van der Waals surface area contributed by atoms with Crippen molar-refractivity contribution in [2.24, 2.45) is 5.41 Å². The second-order valence-electron chi connectivity index (χ2n) is 4.46. The molecule has 1 aliphatic carbocycles. The number of rotatable bonds is 6. The number of pyridine rings is 1. The van der Waals surface area contributed by atoms with E-state index in [1.54, 1.807) is 7.11 Å². The van der Waals surface area contributed by atoms with Gasteiger partial charge in [0.2, 0.25) is 0 Å². The molecule has 0 aliphatic heterocycles. The van der Waals surface area contributed by atoms with Gasteiger partial charge in [-0.3, -0.25) is 0 Å². The van der Waals surface area contributed by atoms with Crippen LogP contribution in [0.5, 0.6) is 0 Å². The van der Waals surface area contributed by atoms with Gasteiger partial charge < -0.3 is 10.1 Å². The SMILES string of the molecule is COCCC1(CNc2ccc(Br)cn2)CC1. The highest BCUT2D eigenvalue weighted by atomic mass is 79.9. The van der Waals surface area contributed by atoms with Crippen LogP contribution in [-0.4, -0.2) is 25.2 Å². The number of ether oxygens (including phenoxy) is 1. The zero-order chi connectivity index (χ0) is 11.4. The Morgan fingerprint density at radius 1 is 1.50 bits per heavy atom. The molecule has 0 saturated heterocycles. The molecule has 0 aromatic carbocycles. The summed E-state index contributed by atoms with van der Waals surface area (Å²) in [6, 6.07) is 4.00. The first-order valence-corrected chi connectivity index (χ1v) is 6.38. The molecule has 1 saturated carbocycles. The van der Waals surface area contributed by atoms with Gasteiger partial charge in [0, 0.05) is 30.9 Å². The third-order valence-corrected chi connectivity index (χ3v) is 3.63. The Morgan fingerprint density at radius 2 is 2.31 bits per heavy atom. The van der Waals surface area contributed by atoms with E-state index in [1.807, 2.05) is 18.3 Å². The monoisotopic (exact) mass is 284 g/mol. The fourth-order valence-electron chi connectivity index (χ4n) is 1.77. The van der Waals surface area contributed by atoms with Crippen molar-refractivity contribution in [2.75, 3.05) is 25.6 Å². The molecule has 1 fully saturated rings. The van der Waals surface area contributed by atoms with E-state index in [2.05, 4.69) is 26.2 Å². The fourth-order valence-corrected chi connectivity index (χ4v) is 2.00. The van der Waals surface area contributed by atoms with Crippen molar-refractivity contribution < 1.29 is 4.74 Å². The first kappa shape index (κ1) is 11.9. The van der Waals surface area contributed by atoms with Crippen molar-refractivity contribution in [2.45, 2.75) is 19.3 Å². The van der Waals surface area contributed by atoms with Gasteiger partial charge in [-0.05, 0) is 52.7 Å². The molecule has 0 radical (unpaired) electrons. The van der Waals surface area contributed by atoms with E-state index in [0.29, 0.717) is 5.41 Å². The number of nitrogens with one attached hydrogen (secondary N) is 1. The van der Waals surface area contributed by atoms with Gasteiger partial charge >= 0.3 is 0 Å². The molecule has 3 nitrogen and oxygen atoms in total. The number of aromatic nitrogens is 1. The van der Waals surface area contributed by atoms with Gasteiger partial charge in [-0.2, -0.15) is 0 Å². The molecule has 0 atom stereocenters.